The lowest BCUT2D eigenvalue weighted by molar-refractivity contribution is 0.0700. The highest BCUT2D eigenvalue weighted by Gasteiger charge is 2.45. The minimum atomic E-state index is -3.03. The zero-order valence-corrected chi connectivity index (χ0v) is 21.0. The molecule has 1 aromatic rings. The Morgan fingerprint density at radius 1 is 0.655 bits per heavy atom. The SMILES string of the molecule is CCO[Si](Cc1cc([Si](OCC)(OCC)OCC)ccc1OC)(OCC)OCC. The van der Waals surface area contributed by atoms with Gasteiger partial charge < -0.3 is 31.3 Å². The second-order valence-electron chi connectivity index (χ2n) is 6.04. The summed E-state index contributed by atoms with van der Waals surface area (Å²) < 4.78 is 41.9. The Labute approximate surface area is 178 Å². The van der Waals surface area contributed by atoms with Crippen molar-refractivity contribution in [3.8, 4) is 5.75 Å². The third-order valence-electron chi connectivity index (χ3n) is 4.14. The van der Waals surface area contributed by atoms with Crippen molar-refractivity contribution < 1.29 is 31.3 Å². The van der Waals surface area contributed by atoms with Crippen LogP contribution in [0.15, 0.2) is 18.2 Å². The molecule has 0 amide bonds. The smallest absolute Gasteiger partial charge is 0.496 e. The summed E-state index contributed by atoms with van der Waals surface area (Å²) >= 11 is 0. The van der Waals surface area contributed by atoms with E-state index in [2.05, 4.69) is 0 Å². The molecular formula is C20H38O7Si2. The van der Waals surface area contributed by atoms with E-state index in [9.17, 15) is 0 Å². The molecule has 7 nitrogen and oxygen atoms in total. The van der Waals surface area contributed by atoms with Crippen molar-refractivity contribution in [1.82, 2.24) is 0 Å². The van der Waals surface area contributed by atoms with E-state index < -0.39 is 17.6 Å². The number of hydrogen-bond donors (Lipinski definition) is 0. The molecule has 0 aromatic heterocycles. The highest BCUT2D eigenvalue weighted by Crippen LogP contribution is 2.25. The van der Waals surface area contributed by atoms with Crippen LogP contribution in [-0.4, -0.2) is 64.4 Å². The van der Waals surface area contributed by atoms with Gasteiger partial charge in [-0.25, -0.2) is 0 Å². The first-order valence-corrected chi connectivity index (χ1v) is 14.2. The highest BCUT2D eigenvalue weighted by atomic mass is 28.4. The van der Waals surface area contributed by atoms with Gasteiger partial charge in [-0.2, -0.15) is 0 Å². The predicted octanol–water partition coefficient (Wildman–Crippen LogP) is 3.08. The second-order valence-corrected chi connectivity index (χ2v) is 11.2. The molecule has 1 rings (SSSR count). The molecule has 0 aliphatic carbocycles. The second kappa shape index (κ2) is 13.5. The monoisotopic (exact) mass is 446 g/mol. The van der Waals surface area contributed by atoms with Gasteiger partial charge >= 0.3 is 17.6 Å². The Morgan fingerprint density at radius 2 is 1.10 bits per heavy atom. The molecule has 0 aliphatic heterocycles. The molecule has 0 radical (unpaired) electrons. The Balaban J connectivity index is 3.45. The third-order valence-corrected chi connectivity index (χ3v) is 10.2. The fourth-order valence-electron chi connectivity index (χ4n) is 3.22. The number of rotatable bonds is 16. The van der Waals surface area contributed by atoms with Crippen molar-refractivity contribution in [1.29, 1.82) is 0 Å². The minimum absolute atomic E-state index is 0.494. The van der Waals surface area contributed by atoms with Gasteiger partial charge in [0.05, 0.1) is 7.11 Å². The van der Waals surface area contributed by atoms with Gasteiger partial charge in [-0.1, -0.05) is 6.07 Å². The number of ether oxygens (including phenoxy) is 1. The lowest BCUT2D eigenvalue weighted by atomic mass is 10.2. The molecule has 0 saturated carbocycles. The van der Waals surface area contributed by atoms with Crippen molar-refractivity contribution in [2.24, 2.45) is 0 Å². The lowest BCUT2D eigenvalue weighted by Crippen LogP contribution is -2.57. The molecule has 168 valence electrons. The Morgan fingerprint density at radius 3 is 1.48 bits per heavy atom. The average Bonchev–Trinajstić information content (AvgIpc) is 2.69. The van der Waals surface area contributed by atoms with Gasteiger partial charge in [0.2, 0.25) is 0 Å². The molecule has 0 fully saturated rings. The molecule has 29 heavy (non-hydrogen) atoms. The van der Waals surface area contributed by atoms with Crippen LogP contribution in [0.1, 0.15) is 47.1 Å². The van der Waals surface area contributed by atoms with E-state index in [0.29, 0.717) is 45.7 Å². The molecular weight excluding hydrogens is 408 g/mol. The van der Waals surface area contributed by atoms with Gasteiger partial charge in [-0.3, -0.25) is 0 Å². The normalized spacial score (nSPS) is 12.4. The van der Waals surface area contributed by atoms with Crippen LogP contribution in [-0.2, 0) is 32.6 Å². The number of hydrogen-bond acceptors (Lipinski definition) is 7. The summed E-state index contributed by atoms with van der Waals surface area (Å²) in [7, 11) is -4.29. The predicted molar refractivity (Wildman–Crippen MR) is 118 cm³/mol. The van der Waals surface area contributed by atoms with Crippen LogP contribution in [0.2, 0.25) is 0 Å². The fourth-order valence-corrected chi connectivity index (χ4v) is 8.37. The van der Waals surface area contributed by atoms with E-state index in [1.54, 1.807) is 7.11 Å². The first kappa shape index (κ1) is 26.2. The summed E-state index contributed by atoms with van der Waals surface area (Å²) in [5.74, 6) is 0.747. The first-order chi connectivity index (χ1) is 14.0. The summed E-state index contributed by atoms with van der Waals surface area (Å²) in [6, 6.07) is 6.41. The standard InChI is InChI=1S/C20H38O7Si2/c1-8-22-28(23-9-2,24-10-3)17-18-16-19(14-15-20(18)21-7)29(25-11-4,26-12-5)27-13-6/h14-16H,8-13,17H2,1-7H3. The molecule has 1 aromatic carbocycles. The van der Waals surface area contributed by atoms with E-state index >= 15 is 0 Å². The highest BCUT2D eigenvalue weighted by molar-refractivity contribution is 6.75. The summed E-state index contributed by atoms with van der Waals surface area (Å²) in [5.41, 5.74) is 0.933. The molecule has 9 heteroatoms. The summed E-state index contributed by atoms with van der Waals surface area (Å²) in [5, 5.41) is 0.895. The number of benzene rings is 1. The minimum Gasteiger partial charge on any atom is -0.496 e. The van der Waals surface area contributed by atoms with E-state index in [1.807, 2.05) is 59.7 Å². The van der Waals surface area contributed by atoms with E-state index in [-0.39, 0.29) is 0 Å². The maximum Gasteiger partial charge on any atom is 0.537 e. The Hall–Kier alpha value is -0.786. The van der Waals surface area contributed by atoms with Gasteiger partial charge in [0, 0.05) is 50.9 Å². The topological polar surface area (TPSA) is 64.6 Å². The molecule has 0 unspecified atom stereocenters. The summed E-state index contributed by atoms with van der Waals surface area (Å²) in [6.45, 7) is 14.7. The fraction of sp³-hybridized carbons (Fsp3) is 0.700. The molecule has 0 N–H and O–H groups in total. The summed E-state index contributed by atoms with van der Waals surface area (Å²) in [6.07, 6.45) is 0. The van der Waals surface area contributed by atoms with Crippen LogP contribution in [0.3, 0.4) is 0 Å². The van der Waals surface area contributed by atoms with Crippen LogP contribution in [0.4, 0.5) is 0 Å². The van der Waals surface area contributed by atoms with Crippen LogP contribution in [0, 0.1) is 0 Å². The Bertz CT molecular complexity index is 552. The molecule has 0 spiro atoms. The first-order valence-electron chi connectivity index (χ1n) is 10.5. The van der Waals surface area contributed by atoms with E-state index in [4.69, 9.17) is 31.3 Å². The van der Waals surface area contributed by atoms with Gasteiger partial charge in [0.25, 0.3) is 0 Å². The molecule has 0 saturated heterocycles. The van der Waals surface area contributed by atoms with Crippen LogP contribution in [0.25, 0.3) is 0 Å². The molecule has 0 bridgehead atoms. The largest absolute Gasteiger partial charge is 0.537 e. The van der Waals surface area contributed by atoms with Crippen LogP contribution in [0.5, 0.6) is 5.75 Å². The zero-order valence-electron chi connectivity index (χ0n) is 19.0. The quantitative estimate of drug-likeness (QED) is 0.362. The number of methoxy groups -OCH3 is 1. The van der Waals surface area contributed by atoms with Crippen molar-refractivity contribution >= 4 is 22.8 Å². The van der Waals surface area contributed by atoms with Crippen molar-refractivity contribution in [2.45, 2.75) is 47.6 Å². The van der Waals surface area contributed by atoms with Crippen LogP contribution >= 0.6 is 0 Å². The van der Waals surface area contributed by atoms with Crippen LogP contribution < -0.4 is 9.92 Å². The van der Waals surface area contributed by atoms with Gasteiger partial charge in [0.1, 0.15) is 5.75 Å². The zero-order chi connectivity index (χ0) is 21.8. The lowest BCUT2D eigenvalue weighted by Gasteiger charge is -2.31. The Kier molecular flexibility index (Phi) is 12.2. The maximum atomic E-state index is 6.07. The molecule has 0 heterocycles. The average molecular weight is 447 g/mol. The molecule has 0 aliphatic rings. The van der Waals surface area contributed by atoms with E-state index in [0.717, 1.165) is 16.5 Å². The van der Waals surface area contributed by atoms with Crippen molar-refractivity contribution in [2.75, 3.05) is 46.8 Å². The van der Waals surface area contributed by atoms with Gasteiger partial charge in [-0.05, 0) is 59.2 Å². The third kappa shape index (κ3) is 7.14. The molecule has 0 atom stereocenters. The van der Waals surface area contributed by atoms with Gasteiger partial charge in [0.15, 0.2) is 0 Å². The van der Waals surface area contributed by atoms with Crippen molar-refractivity contribution in [3.05, 3.63) is 23.8 Å². The van der Waals surface area contributed by atoms with Crippen molar-refractivity contribution in [3.63, 3.8) is 0 Å². The van der Waals surface area contributed by atoms with E-state index in [1.165, 1.54) is 0 Å². The summed E-state index contributed by atoms with van der Waals surface area (Å²) in [4.78, 5) is 0. The van der Waals surface area contributed by atoms with Gasteiger partial charge in [-0.15, -0.1) is 0 Å². The maximum absolute atomic E-state index is 6.07.